The summed E-state index contributed by atoms with van der Waals surface area (Å²) in [5.74, 6) is 1.63. The Balaban J connectivity index is 1.78. The molecular formula is C27H31NO3. The van der Waals surface area contributed by atoms with Crippen LogP contribution in [-0.4, -0.2) is 13.0 Å². The van der Waals surface area contributed by atoms with Crippen molar-refractivity contribution < 1.29 is 14.3 Å². The second-order valence-electron chi connectivity index (χ2n) is 8.07. The molecule has 0 saturated heterocycles. The van der Waals surface area contributed by atoms with E-state index < -0.39 is 0 Å². The zero-order chi connectivity index (χ0) is 22.4. The van der Waals surface area contributed by atoms with E-state index in [0.29, 0.717) is 23.8 Å². The molecule has 0 aliphatic carbocycles. The summed E-state index contributed by atoms with van der Waals surface area (Å²) in [5.41, 5.74) is 4.89. The number of hydrogen-bond acceptors (Lipinski definition) is 3. The minimum absolute atomic E-state index is 0.155. The Kier molecular flexibility index (Phi) is 7.35. The van der Waals surface area contributed by atoms with Gasteiger partial charge in [0.15, 0.2) is 0 Å². The summed E-state index contributed by atoms with van der Waals surface area (Å²) in [6.45, 7) is 8.74. The Morgan fingerprint density at radius 2 is 1.58 bits per heavy atom. The van der Waals surface area contributed by atoms with Crippen LogP contribution in [0.3, 0.4) is 0 Å². The lowest BCUT2D eigenvalue weighted by Crippen LogP contribution is -2.27. The standard InChI is InChI=1S/C27H31NO3/c1-18(2)23-16-24(19(3)15-26(23)30-5)20(4)28-27(29)22-13-9-10-14-25(22)31-17-21-11-7-6-8-12-21/h6-16,18,20H,17H2,1-5H3,(H,28,29)/t20-/m0/s1. The molecule has 0 aliphatic heterocycles. The number of methoxy groups -OCH3 is 1. The molecule has 0 aliphatic rings. The van der Waals surface area contributed by atoms with Crippen LogP contribution in [0.5, 0.6) is 11.5 Å². The van der Waals surface area contributed by atoms with Crippen molar-refractivity contribution in [1.29, 1.82) is 0 Å². The molecule has 0 radical (unpaired) electrons. The number of ether oxygens (including phenoxy) is 2. The third kappa shape index (κ3) is 5.46. The van der Waals surface area contributed by atoms with Crippen molar-refractivity contribution in [2.75, 3.05) is 7.11 Å². The Hall–Kier alpha value is -3.27. The molecule has 0 saturated carbocycles. The predicted molar refractivity (Wildman–Crippen MR) is 125 cm³/mol. The van der Waals surface area contributed by atoms with E-state index in [-0.39, 0.29) is 11.9 Å². The number of amides is 1. The number of carbonyl (C=O) groups excluding carboxylic acids is 1. The summed E-state index contributed by atoms with van der Waals surface area (Å²) >= 11 is 0. The van der Waals surface area contributed by atoms with Crippen molar-refractivity contribution in [1.82, 2.24) is 5.32 Å². The molecular weight excluding hydrogens is 386 g/mol. The lowest BCUT2D eigenvalue weighted by atomic mass is 9.93. The highest BCUT2D eigenvalue weighted by Gasteiger charge is 2.19. The summed E-state index contributed by atoms with van der Waals surface area (Å²) in [6, 6.07) is 21.3. The van der Waals surface area contributed by atoms with Gasteiger partial charge in [0, 0.05) is 0 Å². The summed E-state index contributed by atoms with van der Waals surface area (Å²) in [7, 11) is 1.69. The lowest BCUT2D eigenvalue weighted by molar-refractivity contribution is 0.0935. The lowest BCUT2D eigenvalue weighted by Gasteiger charge is -2.21. The zero-order valence-electron chi connectivity index (χ0n) is 18.9. The molecule has 3 aromatic carbocycles. The van der Waals surface area contributed by atoms with Gasteiger partial charge in [0.1, 0.15) is 18.1 Å². The molecule has 31 heavy (non-hydrogen) atoms. The second kappa shape index (κ2) is 10.2. The van der Waals surface area contributed by atoms with Crippen LogP contribution in [0.1, 0.15) is 65.3 Å². The fourth-order valence-corrected chi connectivity index (χ4v) is 3.68. The molecule has 1 atom stereocenters. The van der Waals surface area contributed by atoms with Crippen LogP contribution in [0.4, 0.5) is 0 Å². The Morgan fingerprint density at radius 3 is 2.26 bits per heavy atom. The topological polar surface area (TPSA) is 47.6 Å². The maximum atomic E-state index is 13.1. The number of carbonyl (C=O) groups is 1. The third-order valence-corrected chi connectivity index (χ3v) is 5.42. The third-order valence-electron chi connectivity index (χ3n) is 5.42. The normalized spacial score (nSPS) is 11.8. The monoisotopic (exact) mass is 417 g/mol. The van der Waals surface area contributed by atoms with E-state index in [2.05, 4.69) is 25.2 Å². The maximum Gasteiger partial charge on any atom is 0.255 e. The van der Waals surface area contributed by atoms with Crippen molar-refractivity contribution in [2.24, 2.45) is 0 Å². The summed E-state index contributed by atoms with van der Waals surface area (Å²) in [4.78, 5) is 13.1. The van der Waals surface area contributed by atoms with Crippen LogP contribution < -0.4 is 14.8 Å². The van der Waals surface area contributed by atoms with Gasteiger partial charge >= 0.3 is 0 Å². The Morgan fingerprint density at radius 1 is 0.903 bits per heavy atom. The first kappa shape index (κ1) is 22.4. The van der Waals surface area contributed by atoms with Gasteiger partial charge in [-0.3, -0.25) is 4.79 Å². The number of hydrogen-bond donors (Lipinski definition) is 1. The highest BCUT2D eigenvalue weighted by molar-refractivity contribution is 5.97. The van der Waals surface area contributed by atoms with E-state index in [1.54, 1.807) is 13.2 Å². The fraction of sp³-hybridized carbons (Fsp3) is 0.296. The maximum absolute atomic E-state index is 13.1. The van der Waals surface area contributed by atoms with E-state index in [4.69, 9.17) is 9.47 Å². The molecule has 0 bridgehead atoms. The van der Waals surface area contributed by atoms with Crippen molar-refractivity contribution >= 4 is 5.91 Å². The molecule has 0 aromatic heterocycles. The molecule has 3 rings (SSSR count). The van der Waals surface area contributed by atoms with E-state index >= 15 is 0 Å². The van der Waals surface area contributed by atoms with E-state index in [1.165, 1.54) is 0 Å². The number of nitrogens with one attached hydrogen (secondary N) is 1. The van der Waals surface area contributed by atoms with Crippen LogP contribution in [0.25, 0.3) is 0 Å². The number of rotatable bonds is 8. The predicted octanol–water partition coefficient (Wildman–Crippen LogP) is 6.20. The van der Waals surface area contributed by atoms with Crippen molar-refractivity contribution in [3.8, 4) is 11.5 Å². The Labute approximate surface area is 185 Å². The van der Waals surface area contributed by atoms with E-state index in [1.807, 2.05) is 68.4 Å². The number of para-hydroxylation sites is 1. The van der Waals surface area contributed by atoms with Gasteiger partial charge in [-0.1, -0.05) is 56.3 Å². The molecule has 162 valence electrons. The fourth-order valence-electron chi connectivity index (χ4n) is 3.68. The first-order valence-electron chi connectivity index (χ1n) is 10.7. The van der Waals surface area contributed by atoms with Crippen LogP contribution >= 0.6 is 0 Å². The van der Waals surface area contributed by atoms with Crippen LogP contribution in [0.15, 0.2) is 66.7 Å². The molecule has 1 N–H and O–H groups in total. The second-order valence-corrected chi connectivity index (χ2v) is 8.07. The summed E-state index contributed by atoms with van der Waals surface area (Å²) < 4.78 is 11.5. The van der Waals surface area contributed by atoms with Gasteiger partial charge in [-0.2, -0.15) is 0 Å². The summed E-state index contributed by atoms with van der Waals surface area (Å²) in [6.07, 6.45) is 0. The van der Waals surface area contributed by atoms with Crippen molar-refractivity contribution in [3.63, 3.8) is 0 Å². The van der Waals surface area contributed by atoms with Crippen molar-refractivity contribution in [2.45, 2.75) is 46.3 Å². The van der Waals surface area contributed by atoms with Gasteiger partial charge in [0.25, 0.3) is 5.91 Å². The van der Waals surface area contributed by atoms with E-state index in [0.717, 1.165) is 28.0 Å². The average molecular weight is 418 g/mol. The van der Waals surface area contributed by atoms with Crippen molar-refractivity contribution in [3.05, 3.63) is 94.5 Å². The van der Waals surface area contributed by atoms with E-state index in [9.17, 15) is 4.79 Å². The zero-order valence-corrected chi connectivity index (χ0v) is 18.9. The average Bonchev–Trinajstić information content (AvgIpc) is 2.77. The van der Waals surface area contributed by atoms with Gasteiger partial charge in [-0.05, 0) is 66.3 Å². The minimum atomic E-state index is -0.155. The number of aryl methyl sites for hydroxylation is 1. The quantitative estimate of drug-likeness (QED) is 0.475. The molecule has 0 fully saturated rings. The van der Waals surface area contributed by atoms with Gasteiger partial charge in [0.2, 0.25) is 0 Å². The van der Waals surface area contributed by atoms with Crippen LogP contribution in [0.2, 0.25) is 0 Å². The van der Waals surface area contributed by atoms with Crippen LogP contribution in [0, 0.1) is 6.92 Å². The molecule has 4 nitrogen and oxygen atoms in total. The first-order chi connectivity index (χ1) is 14.9. The molecule has 0 spiro atoms. The first-order valence-corrected chi connectivity index (χ1v) is 10.7. The van der Waals surface area contributed by atoms with Gasteiger partial charge in [-0.15, -0.1) is 0 Å². The number of benzene rings is 3. The highest BCUT2D eigenvalue weighted by Crippen LogP contribution is 2.32. The highest BCUT2D eigenvalue weighted by atomic mass is 16.5. The van der Waals surface area contributed by atoms with Gasteiger partial charge in [-0.25, -0.2) is 0 Å². The summed E-state index contributed by atoms with van der Waals surface area (Å²) in [5, 5.41) is 3.14. The molecule has 0 heterocycles. The minimum Gasteiger partial charge on any atom is -0.496 e. The Bertz CT molecular complexity index is 1030. The molecule has 3 aromatic rings. The molecule has 1 amide bonds. The smallest absolute Gasteiger partial charge is 0.255 e. The van der Waals surface area contributed by atoms with Gasteiger partial charge in [0.05, 0.1) is 18.7 Å². The molecule has 0 unspecified atom stereocenters. The SMILES string of the molecule is COc1cc(C)c([C@H](C)NC(=O)c2ccccc2OCc2ccccc2)cc1C(C)C. The van der Waals surface area contributed by atoms with Gasteiger partial charge < -0.3 is 14.8 Å². The van der Waals surface area contributed by atoms with Crippen LogP contribution in [-0.2, 0) is 6.61 Å². The molecule has 4 heteroatoms. The largest absolute Gasteiger partial charge is 0.496 e.